The number of aliphatic hydroxyl groups excluding tert-OH is 1. The van der Waals surface area contributed by atoms with Gasteiger partial charge in [0.2, 0.25) is 0 Å². The average molecular weight is 199 g/mol. The second-order valence-electron chi connectivity index (χ2n) is 4.83. The largest absolute Gasteiger partial charge is 0.379 e. The van der Waals surface area contributed by atoms with Crippen LogP contribution in [-0.2, 0) is 0 Å². The van der Waals surface area contributed by atoms with Gasteiger partial charge in [-0.3, -0.25) is 4.90 Å². The van der Waals surface area contributed by atoms with E-state index in [4.69, 9.17) is 0 Å². The minimum atomic E-state index is -0.304. The molecule has 2 nitrogen and oxygen atoms in total. The summed E-state index contributed by atoms with van der Waals surface area (Å²) in [5.41, 5.74) is 0. The van der Waals surface area contributed by atoms with Gasteiger partial charge in [0.15, 0.2) is 0 Å². The number of rotatable bonds is 2. The summed E-state index contributed by atoms with van der Waals surface area (Å²) in [6.45, 7) is 4.19. The van der Waals surface area contributed by atoms with E-state index in [0.717, 1.165) is 5.92 Å². The lowest BCUT2D eigenvalue weighted by Crippen LogP contribution is -2.42. The van der Waals surface area contributed by atoms with Crippen LogP contribution in [0.4, 0.5) is 0 Å². The van der Waals surface area contributed by atoms with Gasteiger partial charge in [-0.05, 0) is 32.7 Å². The van der Waals surface area contributed by atoms with Crippen molar-refractivity contribution in [2.45, 2.75) is 64.6 Å². The Labute approximate surface area is 88.3 Å². The van der Waals surface area contributed by atoms with Crippen molar-refractivity contribution in [1.29, 1.82) is 0 Å². The second-order valence-corrected chi connectivity index (χ2v) is 4.83. The van der Waals surface area contributed by atoms with Crippen LogP contribution in [0.2, 0.25) is 0 Å². The summed E-state index contributed by atoms with van der Waals surface area (Å²) >= 11 is 0. The molecule has 0 aromatic rings. The summed E-state index contributed by atoms with van der Waals surface area (Å²) in [4.78, 5) is 2.13. The Morgan fingerprint density at radius 1 is 1.14 bits per heavy atom. The first-order chi connectivity index (χ1) is 6.63. The van der Waals surface area contributed by atoms with Crippen LogP contribution in [0.5, 0.6) is 0 Å². The predicted octanol–water partition coefficient (Wildman–Crippen LogP) is 2.62. The van der Waals surface area contributed by atoms with E-state index < -0.39 is 0 Å². The highest BCUT2D eigenvalue weighted by molar-refractivity contribution is 4.77. The molecule has 0 aromatic carbocycles. The highest BCUT2D eigenvalue weighted by atomic mass is 16.3. The third-order valence-electron chi connectivity index (χ3n) is 3.68. The third-order valence-corrected chi connectivity index (χ3v) is 3.68. The molecule has 3 unspecified atom stereocenters. The fraction of sp³-hybridized carbons (Fsp3) is 1.00. The Morgan fingerprint density at radius 3 is 2.29 bits per heavy atom. The topological polar surface area (TPSA) is 23.5 Å². The van der Waals surface area contributed by atoms with Gasteiger partial charge in [-0.15, -0.1) is 0 Å². The van der Waals surface area contributed by atoms with Gasteiger partial charge in [-0.1, -0.05) is 32.6 Å². The van der Waals surface area contributed by atoms with Crippen LogP contribution in [-0.4, -0.2) is 29.3 Å². The van der Waals surface area contributed by atoms with Crippen molar-refractivity contribution in [3.63, 3.8) is 0 Å². The highest BCUT2D eigenvalue weighted by Gasteiger charge is 2.24. The first-order valence-corrected chi connectivity index (χ1v) is 6.03. The van der Waals surface area contributed by atoms with E-state index in [-0.39, 0.29) is 6.23 Å². The van der Waals surface area contributed by atoms with E-state index in [1.165, 1.54) is 38.5 Å². The average Bonchev–Trinajstić information content (AvgIpc) is 2.11. The van der Waals surface area contributed by atoms with E-state index in [2.05, 4.69) is 11.8 Å². The molecule has 0 aliphatic heterocycles. The zero-order valence-corrected chi connectivity index (χ0v) is 9.87. The standard InChI is InChI=1S/C12H25NO/c1-10-8-6-4-5-7-9-12(10)13(3)11(2)14/h10-12,14H,4-9H2,1-3H3. The number of hydrogen-bond donors (Lipinski definition) is 1. The SMILES string of the molecule is CC1CCCCCCC1N(C)C(C)O. The molecule has 1 aliphatic carbocycles. The molecule has 0 spiro atoms. The van der Waals surface area contributed by atoms with Crippen molar-refractivity contribution in [1.82, 2.24) is 4.90 Å². The molecule has 84 valence electrons. The summed E-state index contributed by atoms with van der Waals surface area (Å²) < 4.78 is 0. The van der Waals surface area contributed by atoms with E-state index in [1.807, 2.05) is 14.0 Å². The van der Waals surface area contributed by atoms with Crippen LogP contribution in [0, 0.1) is 5.92 Å². The number of hydrogen-bond acceptors (Lipinski definition) is 2. The van der Waals surface area contributed by atoms with Crippen molar-refractivity contribution in [2.24, 2.45) is 5.92 Å². The maximum atomic E-state index is 9.58. The Kier molecular flexibility index (Phi) is 4.90. The van der Waals surface area contributed by atoms with Gasteiger partial charge in [0.05, 0.1) is 0 Å². The minimum absolute atomic E-state index is 0.304. The maximum Gasteiger partial charge on any atom is 0.104 e. The molecule has 0 amide bonds. The third kappa shape index (κ3) is 3.25. The minimum Gasteiger partial charge on any atom is -0.379 e. The first kappa shape index (κ1) is 12.0. The Balaban J connectivity index is 2.52. The molecule has 1 fully saturated rings. The van der Waals surface area contributed by atoms with Crippen molar-refractivity contribution in [3.8, 4) is 0 Å². The van der Waals surface area contributed by atoms with E-state index in [1.54, 1.807) is 0 Å². The summed E-state index contributed by atoms with van der Waals surface area (Å²) in [5, 5.41) is 9.58. The molecular formula is C12H25NO. The zero-order valence-electron chi connectivity index (χ0n) is 9.87. The number of nitrogens with zero attached hydrogens (tertiary/aromatic N) is 1. The summed E-state index contributed by atoms with van der Waals surface area (Å²) in [5.74, 6) is 0.731. The van der Waals surface area contributed by atoms with Gasteiger partial charge in [-0.2, -0.15) is 0 Å². The van der Waals surface area contributed by atoms with Crippen molar-refractivity contribution in [3.05, 3.63) is 0 Å². The summed E-state index contributed by atoms with van der Waals surface area (Å²) in [6, 6.07) is 0.579. The Hall–Kier alpha value is -0.0800. The molecule has 2 heteroatoms. The fourth-order valence-electron chi connectivity index (χ4n) is 2.53. The van der Waals surface area contributed by atoms with Crippen molar-refractivity contribution >= 4 is 0 Å². The van der Waals surface area contributed by atoms with Gasteiger partial charge in [0, 0.05) is 6.04 Å². The Bertz CT molecular complexity index is 158. The molecule has 0 saturated heterocycles. The molecule has 14 heavy (non-hydrogen) atoms. The van der Waals surface area contributed by atoms with Crippen molar-refractivity contribution < 1.29 is 5.11 Å². The van der Waals surface area contributed by atoms with Crippen LogP contribution < -0.4 is 0 Å². The monoisotopic (exact) mass is 199 g/mol. The van der Waals surface area contributed by atoms with Gasteiger partial charge < -0.3 is 5.11 Å². The quantitative estimate of drug-likeness (QED) is 0.691. The molecule has 0 radical (unpaired) electrons. The molecule has 1 N–H and O–H groups in total. The Morgan fingerprint density at radius 2 is 1.71 bits per heavy atom. The van der Waals surface area contributed by atoms with Gasteiger partial charge in [0.1, 0.15) is 6.23 Å². The van der Waals surface area contributed by atoms with Crippen LogP contribution >= 0.6 is 0 Å². The molecule has 1 saturated carbocycles. The predicted molar refractivity (Wildman–Crippen MR) is 60.1 cm³/mol. The lowest BCUT2D eigenvalue weighted by Gasteiger charge is -2.36. The number of aliphatic hydroxyl groups is 1. The molecule has 0 heterocycles. The molecule has 1 aliphatic rings. The second kappa shape index (κ2) is 5.72. The maximum absolute atomic E-state index is 9.58. The molecule has 0 bridgehead atoms. The van der Waals surface area contributed by atoms with Gasteiger partial charge in [0.25, 0.3) is 0 Å². The van der Waals surface area contributed by atoms with Crippen LogP contribution in [0.3, 0.4) is 0 Å². The van der Waals surface area contributed by atoms with Gasteiger partial charge >= 0.3 is 0 Å². The van der Waals surface area contributed by atoms with Crippen LogP contribution in [0.25, 0.3) is 0 Å². The molecular weight excluding hydrogens is 174 g/mol. The fourth-order valence-corrected chi connectivity index (χ4v) is 2.53. The normalized spacial score (nSPS) is 32.4. The lowest BCUT2D eigenvalue weighted by atomic mass is 9.87. The van der Waals surface area contributed by atoms with E-state index in [9.17, 15) is 5.11 Å². The van der Waals surface area contributed by atoms with E-state index >= 15 is 0 Å². The molecule has 3 atom stereocenters. The first-order valence-electron chi connectivity index (χ1n) is 6.03. The van der Waals surface area contributed by atoms with Crippen LogP contribution in [0.1, 0.15) is 52.4 Å². The van der Waals surface area contributed by atoms with Crippen LogP contribution in [0.15, 0.2) is 0 Å². The highest BCUT2D eigenvalue weighted by Crippen LogP contribution is 2.26. The summed E-state index contributed by atoms with van der Waals surface area (Å²) in [7, 11) is 2.05. The van der Waals surface area contributed by atoms with Crippen molar-refractivity contribution in [2.75, 3.05) is 7.05 Å². The van der Waals surface area contributed by atoms with E-state index in [0.29, 0.717) is 6.04 Å². The lowest BCUT2D eigenvalue weighted by molar-refractivity contribution is -0.0135. The van der Waals surface area contributed by atoms with Gasteiger partial charge in [-0.25, -0.2) is 0 Å². The molecule has 0 aromatic heterocycles. The summed E-state index contributed by atoms with van der Waals surface area (Å²) in [6.07, 6.45) is 7.73. The molecule has 1 rings (SSSR count). The smallest absolute Gasteiger partial charge is 0.104 e. The zero-order chi connectivity index (χ0) is 10.6.